The number of aryl methyl sites for hydroxylation is 1. The van der Waals surface area contributed by atoms with E-state index in [4.69, 9.17) is 21.6 Å². The van der Waals surface area contributed by atoms with Gasteiger partial charge in [-0.3, -0.25) is 0 Å². The van der Waals surface area contributed by atoms with Gasteiger partial charge in [0.2, 0.25) is 0 Å². The van der Waals surface area contributed by atoms with Crippen molar-refractivity contribution in [2.45, 2.75) is 13.5 Å². The van der Waals surface area contributed by atoms with Crippen molar-refractivity contribution in [3.63, 3.8) is 0 Å². The Morgan fingerprint density at radius 3 is 2.72 bits per heavy atom. The van der Waals surface area contributed by atoms with Gasteiger partial charge in [-0.05, 0) is 36.2 Å². The molecule has 2 aromatic carbocycles. The van der Waals surface area contributed by atoms with Gasteiger partial charge >= 0.3 is 0 Å². The molecule has 2 rings (SSSR count). The number of nitriles is 1. The molecule has 0 fully saturated rings. The molecule has 0 saturated carbocycles. The van der Waals surface area contributed by atoms with E-state index < -0.39 is 0 Å². The Balaban J connectivity index is 2.16. The number of rotatable bonds is 3. The number of ether oxygens (including phenoxy) is 1. The summed E-state index contributed by atoms with van der Waals surface area (Å²) >= 11 is 5.83. The van der Waals surface area contributed by atoms with E-state index in [-0.39, 0.29) is 0 Å². The molecule has 0 heterocycles. The van der Waals surface area contributed by atoms with Gasteiger partial charge in [0.1, 0.15) is 18.4 Å². The van der Waals surface area contributed by atoms with Crippen LogP contribution < -0.4 is 4.74 Å². The fraction of sp³-hybridized carbons (Fsp3) is 0.133. The van der Waals surface area contributed by atoms with E-state index in [1.54, 1.807) is 18.2 Å². The van der Waals surface area contributed by atoms with Gasteiger partial charge in [0, 0.05) is 5.02 Å². The van der Waals surface area contributed by atoms with E-state index >= 15 is 0 Å². The third-order valence-electron chi connectivity index (χ3n) is 2.71. The summed E-state index contributed by atoms with van der Waals surface area (Å²) < 4.78 is 5.67. The van der Waals surface area contributed by atoms with Crippen LogP contribution in [0.3, 0.4) is 0 Å². The van der Waals surface area contributed by atoms with Crippen LogP contribution in [0.15, 0.2) is 42.5 Å². The van der Waals surface area contributed by atoms with Gasteiger partial charge in [0.15, 0.2) is 0 Å². The van der Waals surface area contributed by atoms with E-state index in [0.29, 0.717) is 22.9 Å². The molecule has 0 unspecified atom stereocenters. The van der Waals surface area contributed by atoms with E-state index in [9.17, 15) is 0 Å². The third-order valence-corrected chi connectivity index (χ3v) is 2.94. The monoisotopic (exact) mass is 257 g/mol. The van der Waals surface area contributed by atoms with E-state index in [1.165, 1.54) is 5.56 Å². The molecule has 90 valence electrons. The molecule has 0 aliphatic rings. The molecule has 0 atom stereocenters. The Morgan fingerprint density at radius 2 is 2.00 bits per heavy atom. The molecule has 0 N–H and O–H groups in total. The van der Waals surface area contributed by atoms with Crippen LogP contribution in [0.5, 0.6) is 5.75 Å². The quantitative estimate of drug-likeness (QED) is 0.829. The Morgan fingerprint density at radius 1 is 1.22 bits per heavy atom. The average molecular weight is 258 g/mol. The summed E-state index contributed by atoms with van der Waals surface area (Å²) in [5.41, 5.74) is 2.73. The smallest absolute Gasteiger partial charge is 0.137 e. The van der Waals surface area contributed by atoms with Gasteiger partial charge in [-0.2, -0.15) is 5.26 Å². The molecule has 0 spiro atoms. The molecule has 0 aromatic heterocycles. The van der Waals surface area contributed by atoms with Crippen LogP contribution in [0, 0.1) is 18.3 Å². The van der Waals surface area contributed by atoms with E-state index in [1.807, 2.05) is 31.2 Å². The van der Waals surface area contributed by atoms with Crippen molar-refractivity contribution in [3.8, 4) is 11.8 Å². The van der Waals surface area contributed by atoms with Gasteiger partial charge in [-0.25, -0.2) is 0 Å². The molecule has 0 aliphatic heterocycles. The Kier molecular flexibility index (Phi) is 3.86. The van der Waals surface area contributed by atoms with Gasteiger partial charge < -0.3 is 4.74 Å². The summed E-state index contributed by atoms with van der Waals surface area (Å²) in [6.45, 7) is 2.48. The maximum atomic E-state index is 9.01. The number of benzene rings is 2. The van der Waals surface area contributed by atoms with Crippen molar-refractivity contribution < 1.29 is 4.74 Å². The van der Waals surface area contributed by atoms with Crippen LogP contribution in [0.25, 0.3) is 0 Å². The molecule has 0 bridgehead atoms. The second kappa shape index (κ2) is 5.57. The van der Waals surface area contributed by atoms with Gasteiger partial charge in [-0.15, -0.1) is 0 Å². The Hall–Kier alpha value is -1.98. The lowest BCUT2D eigenvalue weighted by Gasteiger charge is -2.09. The molecular weight excluding hydrogens is 246 g/mol. The molecule has 2 nitrogen and oxygen atoms in total. The topological polar surface area (TPSA) is 33.0 Å². The van der Waals surface area contributed by atoms with Gasteiger partial charge in [0.25, 0.3) is 0 Å². The maximum absolute atomic E-state index is 9.01. The van der Waals surface area contributed by atoms with Crippen LogP contribution in [0.2, 0.25) is 5.02 Å². The lowest BCUT2D eigenvalue weighted by atomic mass is 10.1. The first-order valence-corrected chi connectivity index (χ1v) is 5.95. The van der Waals surface area contributed by atoms with Crippen molar-refractivity contribution >= 4 is 11.6 Å². The molecule has 0 radical (unpaired) electrons. The highest BCUT2D eigenvalue weighted by Crippen LogP contribution is 2.23. The van der Waals surface area contributed by atoms with Gasteiger partial charge in [-0.1, -0.05) is 35.9 Å². The maximum Gasteiger partial charge on any atom is 0.137 e. The van der Waals surface area contributed by atoms with Crippen LogP contribution in [-0.2, 0) is 6.61 Å². The van der Waals surface area contributed by atoms with Crippen LogP contribution in [0.1, 0.15) is 16.7 Å². The van der Waals surface area contributed by atoms with Crippen molar-refractivity contribution in [2.24, 2.45) is 0 Å². The standard InChI is InChI=1S/C15H12ClNO/c1-11-4-2-3-5-12(11)10-18-15-7-6-14(16)8-13(15)9-17/h2-8H,10H2,1H3. The van der Waals surface area contributed by atoms with Crippen LogP contribution >= 0.6 is 11.6 Å². The highest BCUT2D eigenvalue weighted by atomic mass is 35.5. The normalized spacial score (nSPS) is 9.83. The van der Waals surface area contributed by atoms with Crippen molar-refractivity contribution in [1.29, 1.82) is 5.26 Å². The highest BCUT2D eigenvalue weighted by Gasteiger charge is 2.05. The molecule has 0 amide bonds. The summed E-state index contributed by atoms with van der Waals surface area (Å²) in [5.74, 6) is 0.560. The Labute approximate surface area is 111 Å². The zero-order valence-corrected chi connectivity index (χ0v) is 10.7. The number of hydrogen-bond acceptors (Lipinski definition) is 2. The minimum absolute atomic E-state index is 0.447. The summed E-state index contributed by atoms with van der Waals surface area (Å²) in [4.78, 5) is 0. The summed E-state index contributed by atoms with van der Waals surface area (Å²) in [7, 11) is 0. The summed E-state index contributed by atoms with van der Waals surface area (Å²) in [6.07, 6.45) is 0. The molecular formula is C15H12ClNO. The minimum atomic E-state index is 0.447. The fourth-order valence-corrected chi connectivity index (χ4v) is 1.82. The number of hydrogen-bond donors (Lipinski definition) is 0. The second-order valence-corrected chi connectivity index (χ2v) is 4.40. The third kappa shape index (κ3) is 2.82. The molecule has 0 saturated heterocycles. The first kappa shape index (κ1) is 12.5. The first-order valence-electron chi connectivity index (χ1n) is 5.57. The average Bonchev–Trinajstić information content (AvgIpc) is 2.39. The van der Waals surface area contributed by atoms with Crippen LogP contribution in [0.4, 0.5) is 0 Å². The molecule has 0 aliphatic carbocycles. The SMILES string of the molecule is Cc1ccccc1COc1ccc(Cl)cc1C#N. The first-order chi connectivity index (χ1) is 8.70. The molecule has 3 heteroatoms. The number of nitrogens with zero attached hydrogens (tertiary/aromatic N) is 1. The zero-order valence-electron chi connectivity index (χ0n) is 9.98. The fourth-order valence-electron chi connectivity index (χ4n) is 1.64. The lowest BCUT2D eigenvalue weighted by Crippen LogP contribution is -1.99. The molecule has 18 heavy (non-hydrogen) atoms. The predicted octanol–water partition coefficient (Wildman–Crippen LogP) is 4.10. The van der Waals surface area contributed by atoms with E-state index in [2.05, 4.69) is 6.07 Å². The van der Waals surface area contributed by atoms with Gasteiger partial charge in [0.05, 0.1) is 5.56 Å². The van der Waals surface area contributed by atoms with Crippen LogP contribution in [-0.4, -0.2) is 0 Å². The van der Waals surface area contributed by atoms with Crippen molar-refractivity contribution in [1.82, 2.24) is 0 Å². The van der Waals surface area contributed by atoms with E-state index in [0.717, 1.165) is 5.56 Å². The molecule has 2 aromatic rings. The van der Waals surface area contributed by atoms with Crippen molar-refractivity contribution in [2.75, 3.05) is 0 Å². The Bertz CT molecular complexity index is 602. The predicted molar refractivity (Wildman–Crippen MR) is 71.7 cm³/mol. The highest BCUT2D eigenvalue weighted by molar-refractivity contribution is 6.30. The largest absolute Gasteiger partial charge is 0.488 e. The number of halogens is 1. The lowest BCUT2D eigenvalue weighted by molar-refractivity contribution is 0.304. The minimum Gasteiger partial charge on any atom is -0.488 e. The summed E-state index contributed by atoms with van der Waals surface area (Å²) in [5, 5.41) is 9.54. The van der Waals surface area contributed by atoms with Crippen molar-refractivity contribution in [3.05, 3.63) is 64.2 Å². The second-order valence-electron chi connectivity index (χ2n) is 3.97. The zero-order chi connectivity index (χ0) is 13.0. The summed E-state index contributed by atoms with van der Waals surface area (Å²) in [6, 6.07) is 15.1.